The van der Waals surface area contributed by atoms with Gasteiger partial charge in [0.1, 0.15) is 0 Å². The summed E-state index contributed by atoms with van der Waals surface area (Å²) in [6.07, 6.45) is 1.30. The van der Waals surface area contributed by atoms with Gasteiger partial charge in [-0.3, -0.25) is 4.79 Å². The summed E-state index contributed by atoms with van der Waals surface area (Å²) >= 11 is 0. The molecule has 1 saturated heterocycles. The van der Waals surface area contributed by atoms with E-state index in [-0.39, 0.29) is 5.91 Å². The lowest BCUT2D eigenvalue weighted by Gasteiger charge is -2.30. The number of anilines is 1. The van der Waals surface area contributed by atoms with Crippen LogP contribution in [0, 0.1) is 0 Å². The fourth-order valence-corrected chi connectivity index (χ4v) is 3.09. The first-order valence-corrected chi connectivity index (χ1v) is 8.87. The van der Waals surface area contributed by atoms with Crippen LogP contribution in [-0.4, -0.2) is 42.4 Å². The van der Waals surface area contributed by atoms with Gasteiger partial charge in [-0.2, -0.15) is 4.98 Å². The van der Waals surface area contributed by atoms with Crippen LogP contribution >= 0.6 is 0 Å². The number of nitrogens with zero attached hydrogens (tertiary/aromatic N) is 3. The molecule has 27 heavy (non-hydrogen) atoms. The minimum atomic E-state index is -0.0839. The average Bonchev–Trinajstić information content (AvgIpc) is 3.28. The highest BCUT2D eigenvalue weighted by molar-refractivity contribution is 5.99. The van der Waals surface area contributed by atoms with Crippen LogP contribution < -0.4 is 10.2 Å². The van der Waals surface area contributed by atoms with E-state index < -0.39 is 0 Å². The minimum Gasteiger partial charge on any atom is -0.378 e. The molecule has 0 bridgehead atoms. The SMILES string of the molecule is O=C(NCc1ccc(-c2ncon2)cc1)c1ccccc1N1CCOCC1. The Morgan fingerprint density at radius 1 is 1.07 bits per heavy atom. The third-order valence-corrected chi connectivity index (χ3v) is 4.53. The Labute approximate surface area is 156 Å². The molecule has 1 fully saturated rings. The summed E-state index contributed by atoms with van der Waals surface area (Å²) in [6, 6.07) is 15.4. The van der Waals surface area contributed by atoms with Crippen molar-refractivity contribution in [2.75, 3.05) is 31.2 Å². The Balaban J connectivity index is 1.42. The first-order chi connectivity index (χ1) is 13.3. The van der Waals surface area contributed by atoms with E-state index >= 15 is 0 Å². The number of benzene rings is 2. The summed E-state index contributed by atoms with van der Waals surface area (Å²) in [5, 5.41) is 6.82. The van der Waals surface area contributed by atoms with Crippen LogP contribution in [0.4, 0.5) is 5.69 Å². The Hall–Kier alpha value is -3.19. The molecule has 1 aromatic heterocycles. The van der Waals surface area contributed by atoms with Crippen LogP contribution in [0.1, 0.15) is 15.9 Å². The van der Waals surface area contributed by atoms with E-state index in [1.54, 1.807) is 0 Å². The topological polar surface area (TPSA) is 80.5 Å². The van der Waals surface area contributed by atoms with Gasteiger partial charge in [-0.15, -0.1) is 0 Å². The molecule has 0 spiro atoms. The molecule has 0 radical (unpaired) electrons. The van der Waals surface area contributed by atoms with Gasteiger partial charge < -0.3 is 19.5 Å². The molecule has 0 atom stereocenters. The van der Waals surface area contributed by atoms with Crippen LogP contribution in [0.5, 0.6) is 0 Å². The molecule has 1 amide bonds. The molecule has 1 aliphatic rings. The average molecular weight is 364 g/mol. The zero-order chi connectivity index (χ0) is 18.5. The number of ether oxygens (including phenoxy) is 1. The lowest BCUT2D eigenvalue weighted by atomic mass is 10.1. The molecule has 1 N–H and O–H groups in total. The second kappa shape index (κ2) is 8.01. The highest BCUT2D eigenvalue weighted by Gasteiger charge is 2.18. The van der Waals surface area contributed by atoms with E-state index in [1.807, 2.05) is 48.5 Å². The molecular formula is C20H20N4O3. The maximum absolute atomic E-state index is 12.7. The van der Waals surface area contributed by atoms with Crippen molar-refractivity contribution in [3.05, 3.63) is 66.1 Å². The van der Waals surface area contributed by atoms with Crippen molar-refractivity contribution in [2.45, 2.75) is 6.54 Å². The molecule has 0 saturated carbocycles. The maximum Gasteiger partial charge on any atom is 0.253 e. The molecule has 2 heterocycles. The summed E-state index contributed by atoms with van der Waals surface area (Å²) in [5.41, 5.74) is 3.50. The van der Waals surface area contributed by atoms with E-state index in [0.29, 0.717) is 31.1 Å². The van der Waals surface area contributed by atoms with Crippen LogP contribution in [0.3, 0.4) is 0 Å². The largest absolute Gasteiger partial charge is 0.378 e. The molecular weight excluding hydrogens is 344 g/mol. The van der Waals surface area contributed by atoms with E-state index in [4.69, 9.17) is 9.26 Å². The van der Waals surface area contributed by atoms with Gasteiger partial charge in [0.2, 0.25) is 12.2 Å². The Morgan fingerprint density at radius 3 is 2.59 bits per heavy atom. The van der Waals surface area contributed by atoms with E-state index in [0.717, 1.165) is 29.9 Å². The van der Waals surface area contributed by atoms with Crippen molar-refractivity contribution in [3.8, 4) is 11.4 Å². The number of para-hydroxylation sites is 1. The summed E-state index contributed by atoms with van der Waals surface area (Å²) < 4.78 is 10.2. The van der Waals surface area contributed by atoms with Crippen molar-refractivity contribution >= 4 is 11.6 Å². The zero-order valence-electron chi connectivity index (χ0n) is 14.8. The monoisotopic (exact) mass is 364 g/mol. The van der Waals surface area contributed by atoms with Gasteiger partial charge in [-0.1, -0.05) is 41.6 Å². The fourth-order valence-electron chi connectivity index (χ4n) is 3.09. The lowest BCUT2D eigenvalue weighted by molar-refractivity contribution is 0.0949. The molecule has 1 aliphatic heterocycles. The molecule has 0 unspecified atom stereocenters. The van der Waals surface area contributed by atoms with Crippen molar-refractivity contribution in [1.82, 2.24) is 15.5 Å². The molecule has 2 aromatic carbocycles. The second-order valence-electron chi connectivity index (χ2n) is 6.25. The number of amides is 1. The van der Waals surface area contributed by atoms with Gasteiger partial charge in [0.25, 0.3) is 5.91 Å². The third kappa shape index (κ3) is 3.98. The molecule has 4 rings (SSSR count). The van der Waals surface area contributed by atoms with Gasteiger partial charge >= 0.3 is 0 Å². The number of morpholine rings is 1. The number of carbonyl (C=O) groups is 1. The molecule has 7 heteroatoms. The van der Waals surface area contributed by atoms with E-state index in [1.165, 1.54) is 6.39 Å². The maximum atomic E-state index is 12.7. The number of hydrogen-bond acceptors (Lipinski definition) is 6. The summed E-state index contributed by atoms with van der Waals surface area (Å²) in [4.78, 5) is 18.9. The Bertz CT molecular complexity index is 888. The molecule has 3 aromatic rings. The summed E-state index contributed by atoms with van der Waals surface area (Å²) in [7, 11) is 0. The van der Waals surface area contributed by atoms with Crippen LogP contribution in [0.15, 0.2) is 59.4 Å². The second-order valence-corrected chi connectivity index (χ2v) is 6.25. The van der Waals surface area contributed by atoms with Gasteiger partial charge in [-0.05, 0) is 17.7 Å². The van der Waals surface area contributed by atoms with Crippen molar-refractivity contribution in [1.29, 1.82) is 0 Å². The predicted octanol–water partition coefficient (Wildman–Crippen LogP) is 2.50. The van der Waals surface area contributed by atoms with Crippen LogP contribution in [0.25, 0.3) is 11.4 Å². The lowest BCUT2D eigenvalue weighted by Crippen LogP contribution is -2.37. The van der Waals surface area contributed by atoms with Crippen molar-refractivity contribution in [2.24, 2.45) is 0 Å². The molecule has 7 nitrogen and oxygen atoms in total. The number of rotatable bonds is 5. The van der Waals surface area contributed by atoms with Gasteiger partial charge in [0.05, 0.1) is 18.8 Å². The number of hydrogen-bond donors (Lipinski definition) is 1. The van der Waals surface area contributed by atoms with Crippen molar-refractivity contribution < 1.29 is 14.1 Å². The van der Waals surface area contributed by atoms with Crippen LogP contribution in [0.2, 0.25) is 0 Å². The number of nitrogens with one attached hydrogen (secondary N) is 1. The molecule has 138 valence electrons. The number of aromatic nitrogens is 2. The van der Waals surface area contributed by atoms with Crippen molar-refractivity contribution in [3.63, 3.8) is 0 Å². The van der Waals surface area contributed by atoms with E-state index in [9.17, 15) is 4.79 Å². The van der Waals surface area contributed by atoms with Gasteiger partial charge in [0, 0.05) is 30.9 Å². The van der Waals surface area contributed by atoms with E-state index in [2.05, 4.69) is 20.4 Å². The van der Waals surface area contributed by atoms with Gasteiger partial charge in [0.15, 0.2) is 0 Å². The number of carbonyl (C=O) groups excluding carboxylic acids is 1. The standard InChI is InChI=1S/C20H20N4O3/c25-20(17-3-1-2-4-18(17)24-9-11-26-12-10-24)21-13-15-5-7-16(8-6-15)19-22-14-27-23-19/h1-8,14H,9-13H2,(H,21,25). The van der Waals surface area contributed by atoms with Gasteiger partial charge in [-0.25, -0.2) is 0 Å². The Kier molecular flexibility index (Phi) is 5.11. The molecule has 0 aliphatic carbocycles. The fraction of sp³-hybridized carbons (Fsp3) is 0.250. The predicted molar refractivity (Wildman–Crippen MR) is 100 cm³/mol. The smallest absolute Gasteiger partial charge is 0.253 e. The Morgan fingerprint density at radius 2 is 1.85 bits per heavy atom. The first kappa shape index (κ1) is 17.2. The third-order valence-electron chi connectivity index (χ3n) is 4.53. The minimum absolute atomic E-state index is 0.0839. The summed E-state index contributed by atoms with van der Waals surface area (Å²) in [6.45, 7) is 3.40. The highest BCUT2D eigenvalue weighted by atomic mass is 16.5. The normalized spacial score (nSPS) is 14.1. The highest BCUT2D eigenvalue weighted by Crippen LogP contribution is 2.21. The summed E-state index contributed by atoms with van der Waals surface area (Å²) in [5.74, 6) is 0.462. The zero-order valence-corrected chi connectivity index (χ0v) is 14.8. The quantitative estimate of drug-likeness (QED) is 0.749. The van der Waals surface area contributed by atoms with Crippen LogP contribution in [-0.2, 0) is 11.3 Å². The first-order valence-electron chi connectivity index (χ1n) is 8.87.